The van der Waals surface area contributed by atoms with E-state index in [0.717, 1.165) is 66.6 Å². The van der Waals surface area contributed by atoms with E-state index in [-0.39, 0.29) is 12.3 Å². The van der Waals surface area contributed by atoms with E-state index in [9.17, 15) is 9.59 Å². The third-order valence-corrected chi connectivity index (χ3v) is 8.24. The van der Waals surface area contributed by atoms with Gasteiger partial charge in [0.2, 0.25) is 12.3 Å². The zero-order valence-corrected chi connectivity index (χ0v) is 22.6. The van der Waals surface area contributed by atoms with Gasteiger partial charge in [-0.2, -0.15) is 5.10 Å². The maximum atomic E-state index is 11.8. The molecule has 202 valence electrons. The molecule has 2 aliphatic rings. The van der Waals surface area contributed by atoms with Crippen LogP contribution in [0, 0.1) is 12.8 Å². The van der Waals surface area contributed by atoms with Crippen LogP contribution in [0.3, 0.4) is 0 Å². The second-order valence-corrected chi connectivity index (χ2v) is 10.7. The smallest absolute Gasteiger partial charge is 0.221 e. The number of rotatable bonds is 9. The molecule has 3 aromatic rings. The monoisotopic (exact) mass is 517 g/mol. The number of hydrogen-bond acceptors (Lipinski definition) is 6. The summed E-state index contributed by atoms with van der Waals surface area (Å²) in [6, 6.07) is 12.8. The van der Waals surface area contributed by atoms with Gasteiger partial charge in [-0.15, -0.1) is 5.10 Å². The second kappa shape index (κ2) is 11.9. The molecule has 1 aliphatic carbocycles. The third-order valence-electron chi connectivity index (χ3n) is 8.24. The molecular formula is C29H39N7O2. The summed E-state index contributed by atoms with van der Waals surface area (Å²) in [5.41, 5.74) is 2.98. The van der Waals surface area contributed by atoms with Gasteiger partial charge in [-0.1, -0.05) is 6.07 Å². The van der Waals surface area contributed by atoms with Crippen LogP contribution in [0.4, 0.5) is 11.5 Å². The van der Waals surface area contributed by atoms with Crippen LogP contribution in [0.25, 0.3) is 10.9 Å². The Hall–Kier alpha value is -3.46. The lowest BCUT2D eigenvalue weighted by Crippen LogP contribution is -2.48. The fourth-order valence-corrected chi connectivity index (χ4v) is 6.01. The number of carbonyl (C=O) groups is 2. The number of aromatic nitrogens is 3. The standard InChI is InChI=1S/C29H39N7O2/c1-22-6-11-28(32-31-22)34-18-16-33(17-19-34)20-23-7-9-24(10-8-23)36-15-12-25-26(4-3-5-27(25)36)35(21-37)14-13-29(38)30-2/h3-6,11-12,15,21,23-24H,7-10,13-14,16-20H2,1-2H3,(H,30,38). The average Bonchev–Trinajstić information content (AvgIpc) is 3.39. The van der Waals surface area contributed by atoms with E-state index < -0.39 is 0 Å². The molecule has 1 saturated carbocycles. The Kier molecular flexibility index (Phi) is 8.22. The van der Waals surface area contributed by atoms with E-state index in [1.54, 1.807) is 11.9 Å². The predicted octanol–water partition coefficient (Wildman–Crippen LogP) is 3.39. The Morgan fingerprint density at radius 2 is 1.84 bits per heavy atom. The molecule has 3 heterocycles. The Labute approximate surface area is 224 Å². The minimum absolute atomic E-state index is 0.0687. The van der Waals surface area contributed by atoms with Gasteiger partial charge in [0.15, 0.2) is 5.82 Å². The van der Waals surface area contributed by atoms with Gasteiger partial charge >= 0.3 is 0 Å². The van der Waals surface area contributed by atoms with Crippen LogP contribution >= 0.6 is 0 Å². The van der Waals surface area contributed by atoms with E-state index in [2.05, 4.69) is 54.3 Å². The number of nitrogens with one attached hydrogen (secondary N) is 1. The van der Waals surface area contributed by atoms with Crippen molar-refractivity contribution in [1.82, 2.24) is 25.0 Å². The number of benzene rings is 1. The molecular weight excluding hydrogens is 478 g/mol. The van der Waals surface area contributed by atoms with Crippen LogP contribution in [0.5, 0.6) is 0 Å². The summed E-state index contributed by atoms with van der Waals surface area (Å²) in [6.07, 6.45) is 8.10. The van der Waals surface area contributed by atoms with E-state index in [4.69, 9.17) is 0 Å². The first-order chi connectivity index (χ1) is 18.6. The van der Waals surface area contributed by atoms with Gasteiger partial charge in [0.1, 0.15) is 0 Å². The molecule has 1 saturated heterocycles. The molecule has 38 heavy (non-hydrogen) atoms. The second-order valence-electron chi connectivity index (χ2n) is 10.7. The van der Waals surface area contributed by atoms with Crippen molar-refractivity contribution in [2.24, 2.45) is 5.92 Å². The first kappa shape index (κ1) is 26.2. The number of piperazine rings is 1. The van der Waals surface area contributed by atoms with Crippen molar-refractivity contribution in [3.63, 3.8) is 0 Å². The highest BCUT2D eigenvalue weighted by atomic mass is 16.2. The predicted molar refractivity (Wildman–Crippen MR) is 150 cm³/mol. The van der Waals surface area contributed by atoms with Crippen LogP contribution in [-0.2, 0) is 9.59 Å². The number of carbonyl (C=O) groups excluding carboxylic acids is 2. The van der Waals surface area contributed by atoms with Crippen molar-refractivity contribution in [2.75, 3.05) is 56.1 Å². The van der Waals surface area contributed by atoms with Crippen LogP contribution in [0.2, 0.25) is 0 Å². The number of aryl methyl sites for hydroxylation is 1. The van der Waals surface area contributed by atoms with Gasteiger partial charge in [-0.3, -0.25) is 14.5 Å². The molecule has 1 aromatic carbocycles. The lowest BCUT2D eigenvalue weighted by molar-refractivity contribution is -0.120. The van der Waals surface area contributed by atoms with Crippen molar-refractivity contribution in [3.05, 3.63) is 48.3 Å². The van der Waals surface area contributed by atoms with E-state index in [0.29, 0.717) is 12.6 Å². The summed E-state index contributed by atoms with van der Waals surface area (Å²) in [6.45, 7) is 7.68. The summed E-state index contributed by atoms with van der Waals surface area (Å²) < 4.78 is 2.40. The Bertz CT molecular complexity index is 1230. The average molecular weight is 518 g/mol. The molecule has 2 fully saturated rings. The molecule has 0 spiro atoms. The highest BCUT2D eigenvalue weighted by Crippen LogP contribution is 2.37. The fourth-order valence-electron chi connectivity index (χ4n) is 6.01. The molecule has 9 heteroatoms. The lowest BCUT2D eigenvalue weighted by Gasteiger charge is -2.38. The highest BCUT2D eigenvalue weighted by Gasteiger charge is 2.27. The normalized spacial score (nSPS) is 20.4. The zero-order valence-electron chi connectivity index (χ0n) is 22.6. The number of nitrogens with zero attached hydrogens (tertiary/aromatic N) is 6. The topological polar surface area (TPSA) is 86.6 Å². The van der Waals surface area contributed by atoms with Gasteiger partial charge in [0.05, 0.1) is 16.9 Å². The lowest BCUT2D eigenvalue weighted by atomic mass is 9.85. The fraction of sp³-hybridized carbons (Fsp3) is 0.517. The SMILES string of the molecule is CNC(=O)CCN(C=O)c1cccc2c1ccn2C1CCC(CN2CCN(c3ccc(C)nn3)CC2)CC1. The molecule has 2 amide bonds. The molecule has 0 radical (unpaired) electrons. The van der Waals surface area contributed by atoms with E-state index in [1.165, 1.54) is 32.2 Å². The Balaban J connectivity index is 1.15. The van der Waals surface area contributed by atoms with Crippen LogP contribution in [0.1, 0.15) is 43.8 Å². The first-order valence-electron chi connectivity index (χ1n) is 13.9. The maximum Gasteiger partial charge on any atom is 0.221 e. The van der Waals surface area contributed by atoms with E-state index >= 15 is 0 Å². The molecule has 0 bridgehead atoms. The van der Waals surface area contributed by atoms with Crippen molar-refractivity contribution in [1.29, 1.82) is 0 Å². The van der Waals surface area contributed by atoms with Crippen molar-refractivity contribution in [3.8, 4) is 0 Å². The number of fused-ring (bicyclic) bond motifs is 1. The first-order valence-corrected chi connectivity index (χ1v) is 13.9. The van der Waals surface area contributed by atoms with Crippen LogP contribution < -0.4 is 15.1 Å². The maximum absolute atomic E-state index is 11.8. The van der Waals surface area contributed by atoms with Crippen LogP contribution in [0.15, 0.2) is 42.6 Å². The molecule has 2 aromatic heterocycles. The molecule has 1 aliphatic heterocycles. The summed E-state index contributed by atoms with van der Waals surface area (Å²) in [5.74, 6) is 1.66. The third kappa shape index (κ3) is 5.83. The summed E-state index contributed by atoms with van der Waals surface area (Å²) >= 11 is 0. The highest BCUT2D eigenvalue weighted by molar-refractivity contribution is 5.97. The van der Waals surface area contributed by atoms with Crippen LogP contribution in [-0.4, -0.2) is 78.3 Å². The van der Waals surface area contributed by atoms with Crippen molar-refractivity contribution in [2.45, 2.75) is 45.1 Å². The van der Waals surface area contributed by atoms with Gasteiger partial charge in [-0.25, -0.2) is 0 Å². The van der Waals surface area contributed by atoms with Gasteiger partial charge in [0, 0.05) is 70.4 Å². The number of hydrogen-bond donors (Lipinski definition) is 1. The summed E-state index contributed by atoms with van der Waals surface area (Å²) in [4.78, 5) is 30.1. The van der Waals surface area contributed by atoms with Gasteiger partial charge in [0.25, 0.3) is 0 Å². The Morgan fingerprint density at radius 1 is 1.05 bits per heavy atom. The molecule has 0 atom stereocenters. The summed E-state index contributed by atoms with van der Waals surface area (Å²) in [5, 5.41) is 12.3. The molecule has 9 nitrogen and oxygen atoms in total. The number of amides is 2. The minimum atomic E-state index is -0.0687. The Morgan fingerprint density at radius 3 is 2.53 bits per heavy atom. The number of anilines is 2. The van der Waals surface area contributed by atoms with Gasteiger partial charge in [-0.05, 0) is 68.9 Å². The molecule has 1 N–H and O–H groups in total. The summed E-state index contributed by atoms with van der Waals surface area (Å²) in [7, 11) is 1.62. The largest absolute Gasteiger partial charge is 0.359 e. The van der Waals surface area contributed by atoms with Crippen molar-refractivity contribution < 1.29 is 9.59 Å². The quantitative estimate of drug-likeness (QED) is 0.438. The molecule has 5 rings (SSSR count). The van der Waals surface area contributed by atoms with E-state index in [1.807, 2.05) is 25.1 Å². The zero-order chi connectivity index (χ0) is 26.5. The minimum Gasteiger partial charge on any atom is -0.359 e. The molecule has 0 unspecified atom stereocenters. The van der Waals surface area contributed by atoms with Gasteiger partial charge < -0.3 is 19.7 Å². The van der Waals surface area contributed by atoms with Crippen molar-refractivity contribution >= 4 is 34.7 Å².